The maximum absolute atomic E-state index is 15.3. The fourth-order valence-corrected chi connectivity index (χ4v) is 9.22. The molecule has 67 heavy (non-hydrogen) atoms. The van der Waals surface area contributed by atoms with E-state index < -0.39 is 58.9 Å². The molecule has 0 spiro atoms. The predicted octanol–water partition coefficient (Wildman–Crippen LogP) is 6.67. The van der Waals surface area contributed by atoms with Crippen LogP contribution in [0.3, 0.4) is 0 Å². The summed E-state index contributed by atoms with van der Waals surface area (Å²) in [5, 5.41) is 22.1. The lowest BCUT2D eigenvalue weighted by Gasteiger charge is -2.47. The summed E-state index contributed by atoms with van der Waals surface area (Å²) in [6.07, 6.45) is 8.93. The molecular weight excluding hydrogens is 865 g/mol. The molecule has 364 valence electrons. The number of amides is 3. The van der Waals surface area contributed by atoms with E-state index in [-0.39, 0.29) is 47.4 Å². The fraction of sp³-hybridized carbons (Fsp3) is 0.571. The zero-order valence-corrected chi connectivity index (χ0v) is 39.7. The van der Waals surface area contributed by atoms with Crippen molar-refractivity contribution in [3.05, 3.63) is 66.1 Å². The van der Waals surface area contributed by atoms with Crippen LogP contribution in [0.5, 0.6) is 0 Å². The first-order valence-corrected chi connectivity index (χ1v) is 23.4. The van der Waals surface area contributed by atoms with Gasteiger partial charge in [0.25, 0.3) is 0 Å². The van der Waals surface area contributed by atoms with E-state index in [9.17, 15) is 28.7 Å². The second-order valence-electron chi connectivity index (χ2n) is 19.3. The summed E-state index contributed by atoms with van der Waals surface area (Å²) in [4.78, 5) is 65.8. The first-order valence-electron chi connectivity index (χ1n) is 23.4. The average Bonchev–Trinajstić information content (AvgIpc) is 3.64. The highest BCUT2D eigenvalue weighted by Gasteiger charge is 2.47. The van der Waals surface area contributed by atoms with Gasteiger partial charge in [0.1, 0.15) is 23.5 Å². The third-order valence-electron chi connectivity index (χ3n) is 13.6. The van der Waals surface area contributed by atoms with E-state index in [1.54, 1.807) is 42.0 Å². The van der Waals surface area contributed by atoms with Gasteiger partial charge in [-0.05, 0) is 114 Å². The van der Waals surface area contributed by atoms with Crippen LogP contribution in [-0.4, -0.2) is 98.4 Å². The molecule has 1 aromatic carbocycles. The normalized spacial score (nSPS) is 20.0. The average molecular weight is 932 g/mol. The standard InChI is InChI=1S/C49H67F2N9O7/c1-8-49(7,18-20-66-21-22-67-48(5,6)17-19-52)47(65)58-39(28(2)3)45(62)55-29(4)44(61)56-34-15-9-30(10-16-34)26-60-27-36(35-23-33(50)24-54-43(35)60)41-53-25-37(51)42(59-41)57-40-32-13-11-31(12-14-32)38(40)46(63)64/h9-10,15-16,23-25,27-29,31-32,38-40H,8,11-14,17-22,26,52H2,1-7H3,(H,55,62)(H,56,61)(H,58,65)(H,63,64)(H,53,57,59)/t29-,31?,32?,38-,39-,40-,49?/m0/s1. The summed E-state index contributed by atoms with van der Waals surface area (Å²) in [5.41, 5.74) is 6.65. The first-order chi connectivity index (χ1) is 31.8. The molecule has 5 atom stereocenters. The molecule has 3 aliphatic rings. The number of rotatable bonds is 23. The number of aliphatic carboxylic acids is 1. The van der Waals surface area contributed by atoms with Gasteiger partial charge in [0.2, 0.25) is 17.7 Å². The number of carbonyl (C=O) groups excluding carboxylic acids is 3. The zero-order valence-electron chi connectivity index (χ0n) is 39.7. The van der Waals surface area contributed by atoms with Crippen molar-refractivity contribution in [1.29, 1.82) is 0 Å². The Morgan fingerprint density at radius 3 is 2.28 bits per heavy atom. The minimum Gasteiger partial charge on any atom is -0.481 e. The Morgan fingerprint density at radius 2 is 1.63 bits per heavy atom. The van der Waals surface area contributed by atoms with Crippen LogP contribution in [0.25, 0.3) is 22.4 Å². The number of aromatic nitrogens is 4. The molecular formula is C49H67F2N9O7. The number of benzene rings is 1. The minimum atomic E-state index is -0.940. The van der Waals surface area contributed by atoms with E-state index in [1.807, 2.05) is 41.5 Å². The van der Waals surface area contributed by atoms with E-state index in [2.05, 4.69) is 36.2 Å². The molecule has 18 heteroatoms. The van der Waals surface area contributed by atoms with Crippen LogP contribution in [-0.2, 0) is 35.2 Å². The smallest absolute Gasteiger partial charge is 0.308 e. The van der Waals surface area contributed by atoms with Crippen molar-refractivity contribution in [2.75, 3.05) is 37.0 Å². The third-order valence-corrected chi connectivity index (χ3v) is 13.6. The van der Waals surface area contributed by atoms with E-state index in [1.165, 1.54) is 6.07 Å². The summed E-state index contributed by atoms with van der Waals surface area (Å²) in [6, 6.07) is 6.04. The lowest BCUT2D eigenvalue weighted by atomic mass is 9.61. The number of hydrogen-bond donors (Lipinski definition) is 6. The van der Waals surface area contributed by atoms with Gasteiger partial charge in [0.15, 0.2) is 17.5 Å². The van der Waals surface area contributed by atoms with Gasteiger partial charge in [-0.2, -0.15) is 0 Å². The van der Waals surface area contributed by atoms with Gasteiger partial charge in [0, 0.05) is 47.4 Å². The molecule has 3 aliphatic carbocycles. The van der Waals surface area contributed by atoms with Crippen LogP contribution in [0.1, 0.15) is 99.0 Å². The number of nitrogens with zero attached hydrogens (tertiary/aromatic N) is 4. The number of carboxylic acid groups (broad SMARTS) is 1. The van der Waals surface area contributed by atoms with Gasteiger partial charge >= 0.3 is 5.97 Å². The highest BCUT2D eigenvalue weighted by molar-refractivity contribution is 5.98. The topological polar surface area (TPSA) is 225 Å². The monoisotopic (exact) mass is 932 g/mol. The van der Waals surface area contributed by atoms with Crippen LogP contribution in [0.2, 0.25) is 0 Å². The van der Waals surface area contributed by atoms with Crippen molar-refractivity contribution >= 4 is 46.2 Å². The number of halogens is 2. The molecule has 7 N–H and O–H groups in total. The number of carboxylic acids is 1. The zero-order chi connectivity index (χ0) is 48.6. The van der Waals surface area contributed by atoms with Crippen molar-refractivity contribution in [3.8, 4) is 11.4 Å². The highest BCUT2D eigenvalue weighted by Crippen LogP contribution is 2.46. The molecule has 0 saturated heterocycles. The number of pyridine rings is 1. The maximum atomic E-state index is 15.3. The SMILES string of the molecule is CCC(C)(CCOCCOC(C)(C)CCN)C(=O)N[C@H](C(=O)N[C@@H](C)C(=O)Nc1ccc(Cn2cc(-c3ncc(F)c(N[C@H]4C5CCC(CC5)[C@@H]4C(=O)O)n3)c3cc(F)cnc32)cc1)C(C)C. The summed E-state index contributed by atoms with van der Waals surface area (Å²) in [7, 11) is 0. The number of fused-ring (bicyclic) bond motifs is 4. The largest absolute Gasteiger partial charge is 0.481 e. The van der Waals surface area contributed by atoms with Gasteiger partial charge in [-0.3, -0.25) is 19.2 Å². The van der Waals surface area contributed by atoms with Gasteiger partial charge in [-0.25, -0.2) is 23.7 Å². The Bertz CT molecular complexity index is 2370. The Labute approximate surface area is 391 Å². The van der Waals surface area contributed by atoms with Crippen molar-refractivity contribution in [2.45, 2.75) is 124 Å². The van der Waals surface area contributed by atoms with Gasteiger partial charge in [0.05, 0.1) is 37.1 Å². The molecule has 0 aliphatic heterocycles. The molecule has 3 saturated carbocycles. The van der Waals surface area contributed by atoms with E-state index in [0.717, 1.165) is 50.1 Å². The number of nitrogens with one attached hydrogen (secondary N) is 4. The van der Waals surface area contributed by atoms with E-state index >= 15 is 4.39 Å². The second-order valence-corrected chi connectivity index (χ2v) is 19.3. The van der Waals surface area contributed by atoms with E-state index in [4.69, 9.17) is 15.2 Å². The highest BCUT2D eigenvalue weighted by atomic mass is 19.1. The quantitative estimate of drug-likeness (QED) is 0.0429. The number of hydrogen-bond acceptors (Lipinski definition) is 11. The molecule has 16 nitrogen and oxygen atoms in total. The van der Waals surface area contributed by atoms with Gasteiger partial charge in [-0.1, -0.05) is 39.8 Å². The Kier molecular flexibility index (Phi) is 16.7. The van der Waals surface area contributed by atoms with Crippen molar-refractivity contribution < 1.29 is 42.5 Å². The molecule has 2 bridgehead atoms. The first kappa shape index (κ1) is 50.8. The summed E-state index contributed by atoms with van der Waals surface area (Å²) < 4.78 is 43.3. The van der Waals surface area contributed by atoms with Crippen LogP contribution in [0.15, 0.2) is 48.9 Å². The third kappa shape index (κ3) is 12.5. The Balaban J connectivity index is 1.05. The molecule has 4 aromatic rings. The van der Waals surface area contributed by atoms with Gasteiger partial charge in [-0.15, -0.1) is 0 Å². The van der Waals surface area contributed by atoms with Crippen LogP contribution >= 0.6 is 0 Å². The van der Waals surface area contributed by atoms with Crippen molar-refractivity contribution in [2.24, 2.45) is 34.8 Å². The van der Waals surface area contributed by atoms with Crippen LogP contribution in [0, 0.1) is 40.7 Å². The van der Waals surface area contributed by atoms with Crippen molar-refractivity contribution in [1.82, 2.24) is 30.2 Å². The lowest BCUT2D eigenvalue weighted by molar-refractivity contribution is -0.148. The summed E-state index contributed by atoms with van der Waals surface area (Å²) in [6.45, 7) is 14.9. The molecule has 3 fully saturated rings. The lowest BCUT2D eigenvalue weighted by Crippen LogP contribution is -2.56. The number of ether oxygens (including phenoxy) is 2. The predicted molar refractivity (Wildman–Crippen MR) is 251 cm³/mol. The fourth-order valence-electron chi connectivity index (χ4n) is 9.22. The molecule has 3 amide bonds. The molecule has 1 unspecified atom stereocenters. The molecule has 3 heterocycles. The summed E-state index contributed by atoms with van der Waals surface area (Å²) >= 11 is 0. The minimum absolute atomic E-state index is 0.0146. The maximum Gasteiger partial charge on any atom is 0.308 e. The second kappa shape index (κ2) is 22.0. The van der Waals surface area contributed by atoms with Crippen LogP contribution in [0.4, 0.5) is 20.3 Å². The van der Waals surface area contributed by atoms with Gasteiger partial charge < -0.3 is 46.1 Å². The Hall–Kier alpha value is -5.59. The Morgan fingerprint density at radius 1 is 0.925 bits per heavy atom. The van der Waals surface area contributed by atoms with Crippen molar-refractivity contribution in [3.63, 3.8) is 0 Å². The number of carbonyl (C=O) groups is 4. The van der Waals surface area contributed by atoms with E-state index in [0.29, 0.717) is 61.5 Å². The molecule has 7 rings (SSSR count). The number of anilines is 2. The molecule has 0 radical (unpaired) electrons. The number of nitrogens with two attached hydrogens (primary N) is 1. The summed E-state index contributed by atoms with van der Waals surface area (Å²) in [5.74, 6) is -4.25. The van der Waals surface area contributed by atoms with Crippen LogP contribution < -0.4 is 27.0 Å². The molecule has 3 aromatic heterocycles.